The van der Waals surface area contributed by atoms with Gasteiger partial charge in [-0.2, -0.15) is 0 Å². The zero-order chi connectivity index (χ0) is 15.4. The lowest BCUT2D eigenvalue weighted by molar-refractivity contribution is 0.0682. The second kappa shape index (κ2) is 6.33. The molecule has 0 fully saturated rings. The van der Waals surface area contributed by atoms with E-state index in [-0.39, 0.29) is 19.6 Å². The number of benzene rings is 1. The summed E-state index contributed by atoms with van der Waals surface area (Å²) in [4.78, 5) is 22.3. The maximum absolute atomic E-state index is 13.5. The highest BCUT2D eigenvalue weighted by Crippen LogP contribution is 2.24. The number of carbonyl (C=O) groups is 2. The number of carboxylic acid groups (broad SMARTS) is 1. The lowest BCUT2D eigenvalue weighted by Gasteiger charge is -2.10. The summed E-state index contributed by atoms with van der Waals surface area (Å²) in [5.74, 6) is -12.4. The average molecular weight is 295 g/mol. The SMILES string of the molecule is O=C(O)c1c(F)c(F)c(F)c(F)c1C(=O)NCCCO. The van der Waals surface area contributed by atoms with Gasteiger partial charge in [0.15, 0.2) is 23.3 Å². The van der Waals surface area contributed by atoms with Crippen LogP contribution in [0.25, 0.3) is 0 Å². The summed E-state index contributed by atoms with van der Waals surface area (Å²) in [5.41, 5.74) is -3.03. The van der Waals surface area contributed by atoms with Crippen molar-refractivity contribution in [2.24, 2.45) is 0 Å². The molecule has 0 saturated carbocycles. The Bertz CT molecular complexity index is 562. The number of amides is 1. The molecule has 0 atom stereocenters. The van der Waals surface area contributed by atoms with Gasteiger partial charge in [-0.25, -0.2) is 22.4 Å². The van der Waals surface area contributed by atoms with E-state index in [9.17, 15) is 27.2 Å². The molecule has 1 rings (SSSR count). The normalized spacial score (nSPS) is 10.4. The molecule has 0 spiro atoms. The van der Waals surface area contributed by atoms with Crippen LogP contribution < -0.4 is 5.32 Å². The van der Waals surface area contributed by atoms with E-state index in [2.05, 4.69) is 0 Å². The monoisotopic (exact) mass is 295 g/mol. The van der Waals surface area contributed by atoms with Gasteiger partial charge in [-0.05, 0) is 6.42 Å². The average Bonchev–Trinajstić information content (AvgIpc) is 2.39. The molecule has 0 heterocycles. The van der Waals surface area contributed by atoms with Gasteiger partial charge in [0, 0.05) is 13.2 Å². The molecule has 0 aliphatic heterocycles. The molecule has 20 heavy (non-hydrogen) atoms. The van der Waals surface area contributed by atoms with Gasteiger partial charge in [0.25, 0.3) is 5.91 Å². The predicted molar refractivity (Wildman–Crippen MR) is 57.3 cm³/mol. The Kier molecular flexibility index (Phi) is 5.03. The molecule has 0 bridgehead atoms. The molecule has 5 nitrogen and oxygen atoms in total. The van der Waals surface area contributed by atoms with Crippen LogP contribution in [-0.2, 0) is 0 Å². The molecular formula is C11H9F4NO4. The van der Waals surface area contributed by atoms with Crippen LogP contribution in [0.3, 0.4) is 0 Å². The van der Waals surface area contributed by atoms with Gasteiger partial charge < -0.3 is 15.5 Å². The zero-order valence-electron chi connectivity index (χ0n) is 9.84. The van der Waals surface area contributed by atoms with Crippen LogP contribution in [0.1, 0.15) is 27.1 Å². The minimum atomic E-state index is -2.31. The number of aromatic carboxylic acids is 1. The summed E-state index contributed by atoms with van der Waals surface area (Å²) >= 11 is 0. The largest absolute Gasteiger partial charge is 0.478 e. The fourth-order valence-corrected chi connectivity index (χ4v) is 1.42. The second-order valence-electron chi connectivity index (χ2n) is 3.64. The lowest BCUT2D eigenvalue weighted by Crippen LogP contribution is -2.29. The maximum Gasteiger partial charge on any atom is 0.339 e. The summed E-state index contributed by atoms with van der Waals surface area (Å²) in [7, 11) is 0. The van der Waals surface area contributed by atoms with Gasteiger partial charge in [-0.3, -0.25) is 4.79 Å². The third-order valence-corrected chi connectivity index (χ3v) is 2.33. The van der Waals surface area contributed by atoms with Crippen molar-refractivity contribution in [1.29, 1.82) is 0 Å². The van der Waals surface area contributed by atoms with Crippen molar-refractivity contribution in [2.75, 3.05) is 13.2 Å². The fourth-order valence-electron chi connectivity index (χ4n) is 1.42. The topological polar surface area (TPSA) is 86.6 Å². The van der Waals surface area contributed by atoms with Crippen molar-refractivity contribution in [3.8, 4) is 0 Å². The number of nitrogens with one attached hydrogen (secondary N) is 1. The number of carboxylic acids is 1. The van der Waals surface area contributed by atoms with Crippen LogP contribution in [0, 0.1) is 23.3 Å². The first-order chi connectivity index (χ1) is 9.32. The molecular weight excluding hydrogens is 286 g/mol. The third-order valence-electron chi connectivity index (χ3n) is 2.33. The predicted octanol–water partition coefficient (Wildman–Crippen LogP) is 1.05. The fraction of sp³-hybridized carbons (Fsp3) is 0.273. The summed E-state index contributed by atoms with van der Waals surface area (Å²) in [6, 6.07) is 0. The number of halogens is 4. The van der Waals surface area contributed by atoms with Gasteiger partial charge in [0.1, 0.15) is 5.56 Å². The summed E-state index contributed by atoms with van der Waals surface area (Å²) < 4.78 is 52.8. The number of aliphatic hydroxyl groups is 1. The van der Waals surface area contributed by atoms with E-state index >= 15 is 0 Å². The van der Waals surface area contributed by atoms with Crippen LogP contribution >= 0.6 is 0 Å². The quantitative estimate of drug-likeness (QED) is 0.328. The first-order valence-electron chi connectivity index (χ1n) is 5.31. The Labute approximate surface area is 109 Å². The molecule has 9 heteroatoms. The van der Waals surface area contributed by atoms with Crippen LogP contribution in [0.4, 0.5) is 17.6 Å². The molecule has 0 aliphatic carbocycles. The van der Waals surface area contributed by atoms with E-state index in [1.54, 1.807) is 0 Å². The van der Waals surface area contributed by atoms with E-state index in [0.717, 1.165) is 0 Å². The van der Waals surface area contributed by atoms with Crippen molar-refractivity contribution in [3.63, 3.8) is 0 Å². The molecule has 1 amide bonds. The Morgan fingerprint density at radius 1 is 0.950 bits per heavy atom. The van der Waals surface area contributed by atoms with E-state index in [1.165, 1.54) is 0 Å². The first kappa shape index (κ1) is 15.9. The summed E-state index contributed by atoms with van der Waals surface area (Å²) in [6.07, 6.45) is 0.0575. The summed E-state index contributed by atoms with van der Waals surface area (Å²) in [5, 5.41) is 19.1. The molecule has 0 saturated heterocycles. The first-order valence-corrected chi connectivity index (χ1v) is 5.31. The van der Waals surface area contributed by atoms with E-state index in [1.807, 2.05) is 5.32 Å². The number of hydrogen-bond donors (Lipinski definition) is 3. The van der Waals surface area contributed by atoms with Gasteiger partial charge in [-0.1, -0.05) is 0 Å². The Balaban J connectivity index is 3.37. The Morgan fingerprint density at radius 3 is 1.90 bits per heavy atom. The van der Waals surface area contributed by atoms with Crippen LogP contribution in [0.2, 0.25) is 0 Å². The van der Waals surface area contributed by atoms with Gasteiger partial charge in [-0.15, -0.1) is 0 Å². The minimum Gasteiger partial charge on any atom is -0.478 e. The van der Waals surface area contributed by atoms with Crippen molar-refractivity contribution in [1.82, 2.24) is 5.32 Å². The third kappa shape index (κ3) is 2.87. The molecule has 0 aromatic heterocycles. The van der Waals surface area contributed by atoms with E-state index < -0.39 is 46.3 Å². The van der Waals surface area contributed by atoms with E-state index in [0.29, 0.717) is 0 Å². The molecule has 1 aromatic rings. The van der Waals surface area contributed by atoms with Gasteiger partial charge >= 0.3 is 5.97 Å². The van der Waals surface area contributed by atoms with Crippen LogP contribution in [0.15, 0.2) is 0 Å². The zero-order valence-corrected chi connectivity index (χ0v) is 9.84. The van der Waals surface area contributed by atoms with Gasteiger partial charge in [0.2, 0.25) is 0 Å². The molecule has 3 N–H and O–H groups in total. The highest BCUT2D eigenvalue weighted by Gasteiger charge is 2.32. The van der Waals surface area contributed by atoms with E-state index in [4.69, 9.17) is 10.2 Å². The number of hydrogen-bond acceptors (Lipinski definition) is 3. The van der Waals surface area contributed by atoms with Crippen molar-refractivity contribution < 1.29 is 37.4 Å². The molecule has 0 radical (unpaired) electrons. The standard InChI is InChI=1S/C11H9F4NO4/c12-6-4(10(18)16-2-1-3-17)5(11(19)20)7(13)9(15)8(6)14/h17H,1-3H2,(H,16,18)(H,19,20). The highest BCUT2D eigenvalue weighted by atomic mass is 19.2. The molecule has 0 aliphatic rings. The van der Waals surface area contributed by atoms with Crippen LogP contribution in [0.5, 0.6) is 0 Å². The lowest BCUT2D eigenvalue weighted by atomic mass is 10.0. The highest BCUT2D eigenvalue weighted by molar-refractivity contribution is 6.05. The van der Waals surface area contributed by atoms with Crippen molar-refractivity contribution >= 4 is 11.9 Å². The summed E-state index contributed by atoms with van der Waals surface area (Å²) in [6.45, 7) is -0.505. The Hall–Kier alpha value is -2.16. The minimum absolute atomic E-state index is 0.0575. The number of carbonyl (C=O) groups excluding carboxylic acids is 1. The second-order valence-corrected chi connectivity index (χ2v) is 3.64. The van der Waals surface area contributed by atoms with Gasteiger partial charge in [0.05, 0.1) is 5.56 Å². The molecule has 110 valence electrons. The smallest absolute Gasteiger partial charge is 0.339 e. The van der Waals surface area contributed by atoms with Crippen molar-refractivity contribution in [2.45, 2.75) is 6.42 Å². The van der Waals surface area contributed by atoms with Crippen LogP contribution in [-0.4, -0.2) is 35.2 Å². The molecule has 1 aromatic carbocycles. The molecule has 0 unspecified atom stereocenters. The Morgan fingerprint density at radius 2 is 1.45 bits per heavy atom. The van der Waals surface area contributed by atoms with Crippen molar-refractivity contribution in [3.05, 3.63) is 34.4 Å². The number of aliphatic hydroxyl groups excluding tert-OH is 1. The maximum atomic E-state index is 13.5. The number of rotatable bonds is 5.